The highest BCUT2D eigenvalue weighted by Gasteiger charge is 2.54. The lowest BCUT2D eigenvalue weighted by Gasteiger charge is -2.48. The number of aliphatic hydroxyl groups is 11. The Morgan fingerprint density at radius 2 is 0.667 bits per heavy atom. The third-order valence-corrected chi connectivity index (χ3v) is 20.5. The fourth-order valence-corrected chi connectivity index (χ4v) is 13.9. The van der Waals surface area contributed by atoms with Gasteiger partial charge in [0.2, 0.25) is 5.91 Å². The molecule has 0 aromatic carbocycles. The van der Waals surface area contributed by atoms with Crippen LogP contribution < -0.4 is 5.32 Å². The summed E-state index contributed by atoms with van der Waals surface area (Å²) in [5, 5.41) is 121. The summed E-state index contributed by atoms with van der Waals surface area (Å²) < 4.78 is 34.5. The topological polar surface area (TPSA) is 307 Å². The second kappa shape index (κ2) is 61.2. The van der Waals surface area contributed by atoms with Crippen LogP contribution >= 0.6 is 0 Å². The van der Waals surface area contributed by atoms with Crippen LogP contribution in [0.4, 0.5) is 0 Å². The van der Waals surface area contributed by atoms with E-state index in [-0.39, 0.29) is 18.9 Å². The first-order chi connectivity index (χ1) is 48.3. The first-order valence-corrected chi connectivity index (χ1v) is 40.7. The van der Waals surface area contributed by atoms with Gasteiger partial charge < -0.3 is 89.9 Å². The molecule has 17 atom stereocenters. The van der Waals surface area contributed by atoms with Crippen molar-refractivity contribution < 1.29 is 89.4 Å². The number of hydrogen-bond acceptors (Lipinski definition) is 18. The second-order valence-electron chi connectivity index (χ2n) is 29.2. The Labute approximate surface area is 600 Å². The standard InChI is InChI=1S/C80H149NO18/c1-3-5-7-9-11-13-15-17-19-21-23-25-26-27-28-29-30-31-32-33-34-35-36-38-39-41-43-45-47-49-51-53-55-57-64(85)63(81-68(86)58-56-54-52-50-48-46-44-42-40-37-24-22-20-18-16-14-12-10-8-6-4-2)62-94-78-74(92)71(89)76(66(60-83)96-78)99-80-75(93)72(90)77(67(61-84)97-80)98-79-73(91)70(88)69(87)65(59-82)95-79/h16,18,22,24,40,42,63-67,69-80,82-85,87-93H,3-15,17,19-21,23,25-39,41,43-62H2,1-2H3,(H,81,86)/b18-16-,24-22-,42-40-. The van der Waals surface area contributed by atoms with Gasteiger partial charge in [0.25, 0.3) is 0 Å². The van der Waals surface area contributed by atoms with E-state index < -0.39 is 124 Å². The maximum atomic E-state index is 13.5. The summed E-state index contributed by atoms with van der Waals surface area (Å²) in [5.41, 5.74) is 0. The molecule has 0 aliphatic carbocycles. The molecule has 0 saturated carbocycles. The van der Waals surface area contributed by atoms with Crippen LogP contribution in [0.15, 0.2) is 36.5 Å². The average Bonchev–Trinajstić information content (AvgIpc) is 0.784. The van der Waals surface area contributed by atoms with Gasteiger partial charge in [-0.1, -0.05) is 314 Å². The van der Waals surface area contributed by atoms with E-state index in [1.807, 2.05) is 0 Å². The number of allylic oxidation sites excluding steroid dienone is 6. The fraction of sp³-hybridized carbons (Fsp3) is 0.912. The molecule has 19 nitrogen and oxygen atoms in total. The normalized spacial score (nSPS) is 26.7. The average molecular weight is 1410 g/mol. The predicted octanol–water partition coefficient (Wildman–Crippen LogP) is 13.5. The number of amides is 1. The highest BCUT2D eigenvalue weighted by atomic mass is 16.8. The molecule has 99 heavy (non-hydrogen) atoms. The third-order valence-electron chi connectivity index (χ3n) is 20.5. The summed E-state index contributed by atoms with van der Waals surface area (Å²) in [6.45, 7) is 1.82. The van der Waals surface area contributed by atoms with E-state index in [1.165, 1.54) is 225 Å². The van der Waals surface area contributed by atoms with Crippen molar-refractivity contribution in [2.24, 2.45) is 0 Å². The molecular formula is C80H149NO18. The number of carbonyl (C=O) groups is 1. The molecule has 3 aliphatic rings. The van der Waals surface area contributed by atoms with Gasteiger partial charge in [-0.05, 0) is 51.4 Å². The van der Waals surface area contributed by atoms with Crippen LogP contribution in [0.3, 0.4) is 0 Å². The maximum Gasteiger partial charge on any atom is 0.220 e. The van der Waals surface area contributed by atoms with Crippen molar-refractivity contribution in [3.63, 3.8) is 0 Å². The van der Waals surface area contributed by atoms with Crippen LogP contribution in [0.1, 0.15) is 335 Å². The van der Waals surface area contributed by atoms with Crippen LogP contribution in [0.5, 0.6) is 0 Å². The summed E-state index contributed by atoms with van der Waals surface area (Å²) in [6, 6.07) is -0.897. The van der Waals surface area contributed by atoms with Gasteiger partial charge in [0.15, 0.2) is 18.9 Å². The summed E-state index contributed by atoms with van der Waals surface area (Å²) >= 11 is 0. The Hall–Kier alpha value is -1.99. The monoisotopic (exact) mass is 1410 g/mol. The molecule has 3 heterocycles. The van der Waals surface area contributed by atoms with Gasteiger partial charge in [-0.25, -0.2) is 0 Å². The molecule has 3 saturated heterocycles. The smallest absolute Gasteiger partial charge is 0.220 e. The second-order valence-corrected chi connectivity index (χ2v) is 29.2. The van der Waals surface area contributed by atoms with E-state index in [0.29, 0.717) is 12.8 Å². The summed E-state index contributed by atoms with van der Waals surface area (Å²) in [7, 11) is 0. The van der Waals surface area contributed by atoms with Crippen LogP contribution in [0.2, 0.25) is 0 Å². The van der Waals surface area contributed by atoms with E-state index in [9.17, 15) is 61.0 Å². The van der Waals surface area contributed by atoms with E-state index in [0.717, 1.165) is 77.0 Å². The Balaban J connectivity index is 1.35. The quantitative estimate of drug-likeness (QED) is 0.0199. The molecule has 0 aromatic rings. The Kier molecular flexibility index (Phi) is 56.4. The van der Waals surface area contributed by atoms with Crippen molar-refractivity contribution in [1.82, 2.24) is 5.32 Å². The molecule has 17 unspecified atom stereocenters. The molecule has 3 aliphatic heterocycles. The lowest BCUT2D eigenvalue weighted by molar-refractivity contribution is -0.379. The summed E-state index contributed by atoms with van der Waals surface area (Å²) in [5.74, 6) is -0.251. The molecule has 12 N–H and O–H groups in total. The predicted molar refractivity (Wildman–Crippen MR) is 393 cm³/mol. The van der Waals surface area contributed by atoms with Gasteiger partial charge in [-0.2, -0.15) is 0 Å². The van der Waals surface area contributed by atoms with Crippen molar-refractivity contribution in [1.29, 1.82) is 0 Å². The van der Waals surface area contributed by atoms with Crippen LogP contribution in [0.25, 0.3) is 0 Å². The van der Waals surface area contributed by atoms with Gasteiger partial charge in [0.05, 0.1) is 38.6 Å². The molecule has 3 rings (SSSR count). The number of unbranched alkanes of at least 4 members (excludes halogenated alkanes) is 43. The summed E-state index contributed by atoms with van der Waals surface area (Å²) in [6.07, 6.45) is 48.1. The number of ether oxygens (including phenoxy) is 6. The zero-order valence-corrected chi connectivity index (χ0v) is 62.2. The molecule has 0 spiro atoms. The van der Waals surface area contributed by atoms with E-state index >= 15 is 0 Å². The minimum atomic E-state index is -1.98. The highest BCUT2D eigenvalue weighted by molar-refractivity contribution is 5.76. The fourth-order valence-electron chi connectivity index (χ4n) is 13.9. The number of hydrogen-bond donors (Lipinski definition) is 12. The Bertz CT molecular complexity index is 1930. The number of aliphatic hydroxyl groups excluding tert-OH is 11. The first-order valence-electron chi connectivity index (χ1n) is 40.7. The highest BCUT2D eigenvalue weighted by Crippen LogP contribution is 2.33. The largest absolute Gasteiger partial charge is 0.394 e. The lowest BCUT2D eigenvalue weighted by Crippen LogP contribution is -2.66. The molecule has 0 aromatic heterocycles. The molecule has 19 heteroatoms. The Morgan fingerprint density at radius 1 is 0.364 bits per heavy atom. The number of nitrogens with one attached hydrogen (secondary N) is 1. The molecule has 582 valence electrons. The molecular weight excluding hydrogens is 1260 g/mol. The number of carbonyl (C=O) groups excluding carboxylic acids is 1. The van der Waals surface area contributed by atoms with Crippen LogP contribution in [0, 0.1) is 0 Å². The van der Waals surface area contributed by atoms with Gasteiger partial charge >= 0.3 is 0 Å². The van der Waals surface area contributed by atoms with Crippen LogP contribution in [-0.4, -0.2) is 193 Å². The van der Waals surface area contributed by atoms with Crippen molar-refractivity contribution in [3.8, 4) is 0 Å². The van der Waals surface area contributed by atoms with Crippen molar-refractivity contribution in [2.45, 2.75) is 439 Å². The van der Waals surface area contributed by atoms with Gasteiger partial charge in [-0.15, -0.1) is 0 Å². The maximum absolute atomic E-state index is 13.5. The lowest BCUT2D eigenvalue weighted by atomic mass is 9.96. The minimum Gasteiger partial charge on any atom is -0.394 e. The van der Waals surface area contributed by atoms with Gasteiger partial charge in [0, 0.05) is 6.42 Å². The van der Waals surface area contributed by atoms with Crippen molar-refractivity contribution in [3.05, 3.63) is 36.5 Å². The van der Waals surface area contributed by atoms with Crippen molar-refractivity contribution >= 4 is 5.91 Å². The van der Waals surface area contributed by atoms with E-state index in [1.54, 1.807) is 0 Å². The third kappa shape index (κ3) is 41.5. The van der Waals surface area contributed by atoms with Crippen molar-refractivity contribution in [2.75, 3.05) is 26.4 Å². The molecule has 0 radical (unpaired) electrons. The summed E-state index contributed by atoms with van der Waals surface area (Å²) in [4.78, 5) is 13.5. The van der Waals surface area contributed by atoms with Crippen LogP contribution in [-0.2, 0) is 33.2 Å². The zero-order valence-electron chi connectivity index (χ0n) is 62.2. The minimum absolute atomic E-state index is 0.251. The van der Waals surface area contributed by atoms with E-state index in [4.69, 9.17) is 28.4 Å². The first kappa shape index (κ1) is 91.2. The van der Waals surface area contributed by atoms with Gasteiger partial charge in [0.1, 0.15) is 73.2 Å². The number of rotatable bonds is 65. The molecule has 3 fully saturated rings. The SMILES string of the molecule is CCCCCCC/C=C\C/C=C\C/C=C\CCCCCCCCC(=O)NC(COC1OC(CO)C(OC2OC(CO)C(OC3OC(CO)C(O)C(O)C3O)C(O)C2O)C(O)C1O)C(O)CCCCCCCCCCCCCCCCCCCCCCCCCCCCCCCCCCC. The Morgan fingerprint density at radius 3 is 1.04 bits per heavy atom. The zero-order chi connectivity index (χ0) is 71.8. The van der Waals surface area contributed by atoms with E-state index in [2.05, 4.69) is 55.6 Å². The molecule has 1 amide bonds. The molecule has 0 bridgehead atoms. The van der Waals surface area contributed by atoms with Gasteiger partial charge in [-0.3, -0.25) is 4.79 Å².